The molecular formula is C8H13N5O2. The number of nitrogens with zero attached hydrogens (tertiary/aromatic N) is 4. The fraction of sp³-hybridized carbons (Fsp3) is 0.625. The van der Waals surface area contributed by atoms with Gasteiger partial charge in [0.1, 0.15) is 0 Å². The van der Waals surface area contributed by atoms with E-state index in [0.29, 0.717) is 19.5 Å². The van der Waals surface area contributed by atoms with Crippen LogP contribution < -0.4 is 5.73 Å². The van der Waals surface area contributed by atoms with E-state index in [9.17, 15) is 4.79 Å². The second-order valence-corrected chi connectivity index (χ2v) is 3.71. The van der Waals surface area contributed by atoms with Gasteiger partial charge in [-0.1, -0.05) is 5.21 Å². The van der Waals surface area contributed by atoms with Crippen LogP contribution in [0.5, 0.6) is 0 Å². The number of amides is 1. The smallest absolute Gasteiger partial charge is 0.407 e. The molecule has 0 saturated carbocycles. The molecule has 0 radical (unpaired) electrons. The average Bonchev–Trinajstić information content (AvgIpc) is 2.75. The van der Waals surface area contributed by atoms with Crippen molar-refractivity contribution in [2.24, 2.45) is 5.73 Å². The lowest BCUT2D eigenvalue weighted by Gasteiger charge is -2.20. The maximum atomic E-state index is 10.9. The molecule has 2 heterocycles. The Hall–Kier alpha value is -1.63. The van der Waals surface area contributed by atoms with E-state index in [1.807, 2.05) is 0 Å². The molecule has 1 aliphatic heterocycles. The lowest BCUT2D eigenvalue weighted by Crippen LogP contribution is -2.37. The first-order chi connectivity index (χ1) is 7.16. The molecule has 0 spiro atoms. The minimum atomic E-state index is -0.923. The van der Waals surface area contributed by atoms with Gasteiger partial charge in [-0.15, -0.1) is 5.10 Å². The van der Waals surface area contributed by atoms with Crippen LogP contribution in [-0.2, 0) is 6.54 Å². The largest absolute Gasteiger partial charge is 0.465 e. The highest BCUT2D eigenvalue weighted by Crippen LogP contribution is 2.17. The van der Waals surface area contributed by atoms with E-state index in [1.165, 1.54) is 4.90 Å². The molecule has 1 aromatic rings. The van der Waals surface area contributed by atoms with Gasteiger partial charge in [-0.25, -0.2) is 4.79 Å². The molecule has 1 fully saturated rings. The molecule has 82 valence electrons. The first kappa shape index (κ1) is 9.91. The van der Waals surface area contributed by atoms with E-state index in [0.717, 1.165) is 0 Å². The van der Waals surface area contributed by atoms with Crippen LogP contribution in [0.1, 0.15) is 6.42 Å². The van der Waals surface area contributed by atoms with Crippen LogP contribution in [0.15, 0.2) is 12.4 Å². The molecule has 2 rings (SSSR count). The van der Waals surface area contributed by atoms with Gasteiger partial charge in [0.2, 0.25) is 0 Å². The summed E-state index contributed by atoms with van der Waals surface area (Å²) < 4.78 is 1.62. The zero-order chi connectivity index (χ0) is 10.8. The normalized spacial score (nSPS) is 25.8. The van der Waals surface area contributed by atoms with Gasteiger partial charge in [-0.05, 0) is 6.42 Å². The molecule has 7 nitrogen and oxygen atoms in total. The monoisotopic (exact) mass is 211 g/mol. The molecule has 1 saturated heterocycles. The third-order valence-corrected chi connectivity index (χ3v) is 2.56. The molecule has 0 unspecified atom stereocenters. The quantitative estimate of drug-likeness (QED) is 0.678. The lowest BCUT2D eigenvalue weighted by atomic mass is 10.2. The molecule has 15 heavy (non-hydrogen) atoms. The molecular weight excluding hydrogens is 198 g/mol. The summed E-state index contributed by atoms with van der Waals surface area (Å²) in [5, 5.41) is 16.4. The molecule has 3 N–H and O–H groups in total. The van der Waals surface area contributed by atoms with Gasteiger partial charge in [0.25, 0.3) is 0 Å². The van der Waals surface area contributed by atoms with Crippen LogP contribution in [0.25, 0.3) is 0 Å². The topological polar surface area (TPSA) is 97.3 Å². The fourth-order valence-electron chi connectivity index (χ4n) is 1.91. The molecule has 0 aromatic carbocycles. The molecule has 2 atom stereocenters. The Balaban J connectivity index is 2.04. The summed E-state index contributed by atoms with van der Waals surface area (Å²) in [7, 11) is 0. The highest BCUT2D eigenvalue weighted by Gasteiger charge is 2.33. The van der Waals surface area contributed by atoms with Gasteiger partial charge < -0.3 is 15.7 Å². The summed E-state index contributed by atoms with van der Waals surface area (Å²) in [5.74, 6) is 0. The van der Waals surface area contributed by atoms with Gasteiger partial charge in [0.15, 0.2) is 0 Å². The van der Waals surface area contributed by atoms with Crippen LogP contribution in [0.3, 0.4) is 0 Å². The molecule has 1 amide bonds. The number of nitrogens with two attached hydrogens (primary N) is 1. The van der Waals surface area contributed by atoms with E-state index in [2.05, 4.69) is 10.3 Å². The third-order valence-electron chi connectivity index (χ3n) is 2.56. The summed E-state index contributed by atoms with van der Waals surface area (Å²) in [5.41, 5.74) is 5.73. The first-order valence-corrected chi connectivity index (χ1v) is 4.76. The van der Waals surface area contributed by atoms with Gasteiger partial charge in [-0.2, -0.15) is 0 Å². The SMILES string of the molecule is N[C@@H]1C[C@@H](Cn2ccnn2)N(C(=O)O)C1. The van der Waals surface area contributed by atoms with Crippen LogP contribution in [0, 0.1) is 0 Å². The predicted molar refractivity (Wildman–Crippen MR) is 51.1 cm³/mol. The third kappa shape index (κ3) is 2.07. The van der Waals surface area contributed by atoms with E-state index in [1.54, 1.807) is 17.1 Å². The highest BCUT2D eigenvalue weighted by atomic mass is 16.4. The highest BCUT2D eigenvalue weighted by molar-refractivity contribution is 5.66. The fourth-order valence-corrected chi connectivity index (χ4v) is 1.91. The van der Waals surface area contributed by atoms with Gasteiger partial charge in [-0.3, -0.25) is 4.68 Å². The zero-order valence-corrected chi connectivity index (χ0v) is 8.15. The van der Waals surface area contributed by atoms with Crippen molar-refractivity contribution in [2.75, 3.05) is 6.54 Å². The number of rotatable bonds is 2. The van der Waals surface area contributed by atoms with Crippen molar-refractivity contribution in [3.8, 4) is 0 Å². The minimum absolute atomic E-state index is 0.0744. The van der Waals surface area contributed by atoms with Crippen molar-refractivity contribution in [2.45, 2.75) is 25.0 Å². The summed E-state index contributed by atoms with van der Waals surface area (Å²) in [6.07, 6.45) is 3.03. The number of likely N-dealkylation sites (tertiary alicyclic amines) is 1. The Labute approximate surface area is 86.5 Å². The second-order valence-electron chi connectivity index (χ2n) is 3.71. The van der Waals surface area contributed by atoms with Gasteiger partial charge in [0, 0.05) is 18.8 Å². The van der Waals surface area contributed by atoms with Crippen molar-refractivity contribution in [3.63, 3.8) is 0 Å². The second kappa shape index (κ2) is 3.85. The number of hydrogen-bond donors (Lipinski definition) is 2. The summed E-state index contributed by atoms with van der Waals surface area (Å²) >= 11 is 0. The molecule has 1 aliphatic rings. The molecule has 1 aromatic heterocycles. The number of aromatic nitrogens is 3. The Morgan fingerprint density at radius 2 is 2.47 bits per heavy atom. The molecule has 0 aliphatic carbocycles. The molecule has 7 heteroatoms. The predicted octanol–water partition coefficient (Wildman–Crippen LogP) is -0.642. The van der Waals surface area contributed by atoms with Crippen molar-refractivity contribution in [3.05, 3.63) is 12.4 Å². The standard InChI is InChI=1S/C8H13N5O2/c9-6-3-7(13(4-6)8(14)15)5-12-2-1-10-11-12/h1-2,6-7H,3-5,9H2,(H,14,15)/t6-,7+/m1/s1. The maximum absolute atomic E-state index is 10.9. The average molecular weight is 211 g/mol. The lowest BCUT2D eigenvalue weighted by molar-refractivity contribution is 0.135. The Bertz CT molecular complexity index is 339. The summed E-state index contributed by atoms with van der Waals surface area (Å²) in [6.45, 7) is 0.911. The van der Waals surface area contributed by atoms with Gasteiger partial charge >= 0.3 is 6.09 Å². The van der Waals surface area contributed by atoms with Crippen LogP contribution in [0.2, 0.25) is 0 Å². The van der Waals surface area contributed by atoms with Crippen molar-refractivity contribution < 1.29 is 9.90 Å². The maximum Gasteiger partial charge on any atom is 0.407 e. The number of carbonyl (C=O) groups is 1. The zero-order valence-electron chi connectivity index (χ0n) is 8.15. The van der Waals surface area contributed by atoms with Crippen molar-refractivity contribution in [1.29, 1.82) is 0 Å². The van der Waals surface area contributed by atoms with Crippen LogP contribution in [-0.4, -0.2) is 49.7 Å². The van der Waals surface area contributed by atoms with E-state index in [4.69, 9.17) is 10.8 Å². The van der Waals surface area contributed by atoms with Crippen molar-refractivity contribution in [1.82, 2.24) is 19.9 Å². The van der Waals surface area contributed by atoms with E-state index < -0.39 is 6.09 Å². The Morgan fingerprint density at radius 3 is 3.07 bits per heavy atom. The number of hydrogen-bond acceptors (Lipinski definition) is 4. The van der Waals surface area contributed by atoms with Crippen LogP contribution in [0.4, 0.5) is 4.79 Å². The summed E-state index contributed by atoms with van der Waals surface area (Å²) in [4.78, 5) is 12.3. The minimum Gasteiger partial charge on any atom is -0.465 e. The van der Waals surface area contributed by atoms with E-state index >= 15 is 0 Å². The number of carboxylic acid groups (broad SMARTS) is 1. The first-order valence-electron chi connectivity index (χ1n) is 4.76. The van der Waals surface area contributed by atoms with Gasteiger partial charge in [0.05, 0.1) is 18.8 Å². The summed E-state index contributed by atoms with van der Waals surface area (Å²) in [6, 6.07) is -0.172. The Morgan fingerprint density at radius 1 is 1.67 bits per heavy atom. The van der Waals surface area contributed by atoms with Crippen LogP contribution >= 0.6 is 0 Å². The van der Waals surface area contributed by atoms with Crippen molar-refractivity contribution >= 4 is 6.09 Å². The van der Waals surface area contributed by atoms with E-state index in [-0.39, 0.29) is 12.1 Å². The molecule has 0 bridgehead atoms. The Kier molecular flexibility index (Phi) is 2.55.